The van der Waals surface area contributed by atoms with Gasteiger partial charge in [-0.1, -0.05) is 40.3 Å². The molecule has 1 atom stereocenters. The normalized spacial score (nSPS) is 12.8. The molecule has 0 spiro atoms. The number of aromatic hydroxyl groups is 1. The zero-order chi connectivity index (χ0) is 24.5. The van der Waals surface area contributed by atoms with Crippen LogP contribution in [-0.2, 0) is 21.3 Å². The molecule has 176 valence electrons. The molecule has 0 aliphatic carbocycles. The van der Waals surface area contributed by atoms with Gasteiger partial charge in [0.1, 0.15) is 16.3 Å². The number of benzene rings is 2. The third-order valence-corrected chi connectivity index (χ3v) is 7.47. The van der Waals surface area contributed by atoms with Gasteiger partial charge in [-0.2, -0.15) is 0 Å². The molecular weight excluding hydrogens is 470 g/mol. The lowest BCUT2D eigenvalue weighted by atomic mass is 10.0. The van der Waals surface area contributed by atoms with E-state index in [1.807, 2.05) is 38.1 Å². The van der Waals surface area contributed by atoms with Crippen LogP contribution in [0, 0.1) is 6.92 Å². The van der Waals surface area contributed by atoms with Crippen LogP contribution in [0.15, 0.2) is 50.9 Å². The van der Waals surface area contributed by atoms with Gasteiger partial charge in [-0.3, -0.25) is 14.4 Å². The van der Waals surface area contributed by atoms with E-state index in [4.69, 9.17) is 16.4 Å². The monoisotopic (exact) mass is 493 g/mol. The first-order valence-electron chi connectivity index (χ1n) is 9.94. The molecule has 0 fully saturated rings. The highest BCUT2D eigenvalue weighted by Gasteiger charge is 2.30. The predicted octanol–water partition coefficient (Wildman–Crippen LogP) is 2.92. The molecule has 0 saturated heterocycles. The summed E-state index contributed by atoms with van der Waals surface area (Å²) in [6.07, 6.45) is 0.614. The van der Waals surface area contributed by atoms with Crippen LogP contribution in [0.4, 0.5) is 17.1 Å². The summed E-state index contributed by atoms with van der Waals surface area (Å²) in [6.45, 7) is 3.86. The van der Waals surface area contributed by atoms with Gasteiger partial charge in [-0.05, 0) is 43.5 Å². The molecule has 3 rings (SSSR count). The summed E-state index contributed by atoms with van der Waals surface area (Å²) in [5, 5.41) is 16.1. The number of nitrogens with one attached hydrogen (secondary N) is 2. The first-order chi connectivity index (χ1) is 15.5. The van der Waals surface area contributed by atoms with E-state index in [0.29, 0.717) is 10.9 Å². The number of hydroxylamine groups is 1. The standard InChI is InChI=1S/C22H24ClN3O6S/c1-12-7-5-6-8-14(12)11-13(2)24-17-18(21(29)20(17)28)25-16-10-9-15(23)22(19(16)27)33(30,31)26(3)32-4/h5-10,13,24-25,27H,11H2,1-4H3. The number of anilines is 3. The molecule has 0 bridgehead atoms. The minimum Gasteiger partial charge on any atom is -0.504 e. The molecule has 0 aromatic heterocycles. The highest BCUT2D eigenvalue weighted by molar-refractivity contribution is 7.89. The van der Waals surface area contributed by atoms with Crippen LogP contribution in [0.25, 0.3) is 0 Å². The van der Waals surface area contributed by atoms with E-state index in [1.54, 1.807) is 0 Å². The zero-order valence-corrected chi connectivity index (χ0v) is 20.0. The van der Waals surface area contributed by atoms with E-state index in [1.165, 1.54) is 12.1 Å². The van der Waals surface area contributed by atoms with Crippen LogP contribution in [0.5, 0.6) is 5.75 Å². The van der Waals surface area contributed by atoms with Gasteiger partial charge in [0.15, 0.2) is 5.75 Å². The summed E-state index contributed by atoms with van der Waals surface area (Å²) in [4.78, 5) is 28.5. The first kappa shape index (κ1) is 24.7. The Labute approximate surface area is 196 Å². The van der Waals surface area contributed by atoms with Crippen molar-refractivity contribution in [1.82, 2.24) is 4.47 Å². The van der Waals surface area contributed by atoms with E-state index in [0.717, 1.165) is 25.3 Å². The van der Waals surface area contributed by atoms with E-state index in [9.17, 15) is 23.1 Å². The van der Waals surface area contributed by atoms with Crippen molar-refractivity contribution >= 4 is 38.7 Å². The van der Waals surface area contributed by atoms with Crippen LogP contribution >= 0.6 is 11.6 Å². The van der Waals surface area contributed by atoms with Crippen molar-refractivity contribution in [2.24, 2.45) is 0 Å². The highest BCUT2D eigenvalue weighted by atomic mass is 35.5. The average molecular weight is 494 g/mol. The van der Waals surface area contributed by atoms with Gasteiger partial charge in [0.05, 0.1) is 17.8 Å². The summed E-state index contributed by atoms with van der Waals surface area (Å²) in [5.74, 6) is -0.710. The van der Waals surface area contributed by atoms with Crippen molar-refractivity contribution in [2.75, 3.05) is 24.8 Å². The summed E-state index contributed by atoms with van der Waals surface area (Å²) in [7, 11) is -2.01. The van der Waals surface area contributed by atoms with Crippen LogP contribution in [-0.4, -0.2) is 38.2 Å². The van der Waals surface area contributed by atoms with Gasteiger partial charge in [0.2, 0.25) is 0 Å². The number of hydrogen-bond donors (Lipinski definition) is 3. The van der Waals surface area contributed by atoms with E-state index in [-0.39, 0.29) is 28.1 Å². The van der Waals surface area contributed by atoms with Gasteiger partial charge < -0.3 is 15.7 Å². The van der Waals surface area contributed by atoms with Crippen molar-refractivity contribution in [1.29, 1.82) is 0 Å². The summed E-state index contributed by atoms with van der Waals surface area (Å²) >= 11 is 6.02. The maximum atomic E-state index is 12.6. The molecule has 0 heterocycles. The largest absolute Gasteiger partial charge is 0.504 e. The van der Waals surface area contributed by atoms with Crippen LogP contribution in [0.1, 0.15) is 18.1 Å². The minimum absolute atomic E-state index is 0.0638. The molecule has 11 heteroatoms. The van der Waals surface area contributed by atoms with Gasteiger partial charge in [-0.25, -0.2) is 8.42 Å². The molecule has 33 heavy (non-hydrogen) atoms. The Morgan fingerprint density at radius 1 is 1.12 bits per heavy atom. The van der Waals surface area contributed by atoms with E-state index in [2.05, 4.69) is 10.6 Å². The molecule has 0 aliphatic heterocycles. The fourth-order valence-corrected chi connectivity index (χ4v) is 4.94. The van der Waals surface area contributed by atoms with Crippen molar-refractivity contribution in [2.45, 2.75) is 31.2 Å². The topological polar surface area (TPSA) is 125 Å². The second-order valence-electron chi connectivity index (χ2n) is 7.58. The Morgan fingerprint density at radius 3 is 2.39 bits per heavy atom. The lowest BCUT2D eigenvalue weighted by Crippen LogP contribution is -2.39. The first-order valence-corrected chi connectivity index (χ1v) is 11.8. The van der Waals surface area contributed by atoms with E-state index >= 15 is 0 Å². The highest BCUT2D eigenvalue weighted by Crippen LogP contribution is 2.39. The number of phenols is 1. The SMILES string of the molecule is CON(C)S(=O)(=O)c1c(Cl)ccc(Nc2c(NC(C)Cc3ccccc3C)c(=O)c2=O)c1O. The minimum atomic E-state index is -4.29. The molecule has 3 N–H and O–H groups in total. The van der Waals surface area contributed by atoms with Crippen molar-refractivity contribution in [3.63, 3.8) is 0 Å². The summed E-state index contributed by atoms with van der Waals surface area (Å²) in [5.41, 5.74) is 0.604. The van der Waals surface area contributed by atoms with Crippen molar-refractivity contribution < 1.29 is 18.4 Å². The summed E-state index contributed by atoms with van der Waals surface area (Å²) < 4.78 is 25.8. The van der Waals surface area contributed by atoms with Crippen molar-refractivity contribution in [3.8, 4) is 5.75 Å². The van der Waals surface area contributed by atoms with Gasteiger partial charge in [0.25, 0.3) is 20.9 Å². The third-order valence-electron chi connectivity index (χ3n) is 5.29. The fourth-order valence-electron chi connectivity index (χ4n) is 3.37. The molecule has 3 aromatic carbocycles. The molecule has 0 saturated carbocycles. The Balaban J connectivity index is 1.90. The molecular formula is C22H24ClN3O6S. The molecule has 0 aliphatic rings. The Bertz CT molecular complexity index is 1370. The fraction of sp³-hybridized carbons (Fsp3) is 0.273. The Kier molecular flexibility index (Phi) is 7.13. The van der Waals surface area contributed by atoms with E-state index < -0.39 is 31.5 Å². The zero-order valence-electron chi connectivity index (χ0n) is 18.5. The molecule has 0 amide bonds. The van der Waals surface area contributed by atoms with Crippen LogP contribution in [0.2, 0.25) is 5.02 Å². The quantitative estimate of drug-likeness (QED) is 0.236. The number of halogens is 1. The number of aryl methyl sites for hydroxylation is 1. The van der Waals surface area contributed by atoms with Crippen LogP contribution in [0.3, 0.4) is 0 Å². The number of phenolic OH excluding ortho intramolecular Hbond substituents is 1. The Morgan fingerprint density at radius 2 is 1.76 bits per heavy atom. The van der Waals surface area contributed by atoms with Gasteiger partial charge in [-0.15, -0.1) is 0 Å². The molecule has 3 aromatic rings. The van der Waals surface area contributed by atoms with Gasteiger partial charge >= 0.3 is 0 Å². The van der Waals surface area contributed by atoms with Crippen LogP contribution < -0.4 is 21.5 Å². The number of hydrogen-bond acceptors (Lipinski definition) is 8. The Hall–Kier alpha value is -2.92. The predicted molar refractivity (Wildman–Crippen MR) is 128 cm³/mol. The summed E-state index contributed by atoms with van der Waals surface area (Å²) in [6, 6.07) is 10.2. The lowest BCUT2D eigenvalue weighted by molar-refractivity contribution is -0.0259. The number of rotatable bonds is 9. The molecule has 9 nitrogen and oxygen atoms in total. The third kappa shape index (κ3) is 4.74. The second kappa shape index (κ2) is 9.52. The average Bonchev–Trinajstić information content (AvgIpc) is 2.77. The maximum Gasteiger partial charge on any atom is 0.269 e. The maximum absolute atomic E-state index is 12.6. The van der Waals surface area contributed by atoms with Gasteiger partial charge in [0, 0.05) is 13.1 Å². The number of nitrogens with zero attached hydrogens (tertiary/aromatic N) is 1. The molecule has 0 radical (unpaired) electrons. The second-order valence-corrected chi connectivity index (χ2v) is 9.86. The smallest absolute Gasteiger partial charge is 0.269 e. The lowest BCUT2D eigenvalue weighted by Gasteiger charge is -2.21. The van der Waals surface area contributed by atoms with Crippen molar-refractivity contribution in [3.05, 3.63) is 73.0 Å². The molecule has 1 unspecified atom stereocenters. The number of sulfonamides is 1.